The van der Waals surface area contributed by atoms with Crippen LogP contribution in [-0.4, -0.2) is 23.4 Å². The molecule has 1 aromatic heterocycles. The predicted molar refractivity (Wildman–Crippen MR) is 69.3 cm³/mol. The summed E-state index contributed by atoms with van der Waals surface area (Å²) in [6, 6.07) is 3.94. The summed E-state index contributed by atoms with van der Waals surface area (Å²) in [4.78, 5) is 2.42. The molecule has 1 aliphatic heterocycles. The Balaban J connectivity index is 1.75. The number of anilines is 2. The van der Waals surface area contributed by atoms with Crippen LogP contribution in [0, 0.1) is 11.8 Å². The first kappa shape index (κ1) is 10.2. The number of hydrogen-bond acceptors (Lipinski definition) is 5. The van der Waals surface area contributed by atoms with E-state index in [0.29, 0.717) is 11.2 Å². The molecule has 1 saturated heterocycles. The largest absolute Gasteiger partial charge is 0.397 e. The highest BCUT2D eigenvalue weighted by Gasteiger charge is 2.36. The second-order valence-corrected chi connectivity index (χ2v) is 5.49. The molecule has 0 bridgehead atoms. The highest BCUT2D eigenvalue weighted by atomic mass is 16.6. The van der Waals surface area contributed by atoms with Crippen LogP contribution in [0.15, 0.2) is 16.8 Å². The van der Waals surface area contributed by atoms with Crippen LogP contribution < -0.4 is 10.6 Å². The quantitative estimate of drug-likeness (QED) is 0.777. The Labute approximate surface area is 105 Å². The van der Waals surface area contributed by atoms with Crippen molar-refractivity contribution in [2.45, 2.75) is 19.3 Å². The lowest BCUT2D eigenvalue weighted by atomic mass is 10.0. The lowest BCUT2D eigenvalue weighted by Gasteiger charge is -2.19. The van der Waals surface area contributed by atoms with Crippen LogP contribution in [0.25, 0.3) is 11.0 Å². The third kappa shape index (κ3) is 1.33. The van der Waals surface area contributed by atoms with Crippen LogP contribution in [0.1, 0.15) is 19.3 Å². The zero-order valence-corrected chi connectivity index (χ0v) is 10.2. The van der Waals surface area contributed by atoms with Crippen LogP contribution >= 0.6 is 0 Å². The molecule has 5 nitrogen and oxygen atoms in total. The smallest absolute Gasteiger partial charge is 0.160 e. The average Bonchev–Trinajstić information content (AvgIpc) is 3.03. The van der Waals surface area contributed by atoms with Crippen molar-refractivity contribution in [1.82, 2.24) is 10.3 Å². The van der Waals surface area contributed by atoms with E-state index in [9.17, 15) is 0 Å². The molecule has 4 rings (SSSR count). The number of benzene rings is 1. The van der Waals surface area contributed by atoms with Crippen LogP contribution in [0.5, 0.6) is 0 Å². The molecule has 2 heterocycles. The van der Waals surface area contributed by atoms with Gasteiger partial charge in [0, 0.05) is 13.1 Å². The van der Waals surface area contributed by atoms with Gasteiger partial charge in [0.05, 0.1) is 11.4 Å². The fourth-order valence-electron chi connectivity index (χ4n) is 3.56. The van der Waals surface area contributed by atoms with E-state index < -0.39 is 0 Å². The molecule has 5 heteroatoms. The van der Waals surface area contributed by atoms with E-state index in [1.807, 2.05) is 12.1 Å². The predicted octanol–water partition coefficient (Wildman–Crippen LogP) is 2.04. The summed E-state index contributed by atoms with van der Waals surface area (Å²) in [6.45, 7) is 2.27. The Morgan fingerprint density at radius 3 is 2.61 bits per heavy atom. The monoisotopic (exact) mass is 244 g/mol. The van der Waals surface area contributed by atoms with Gasteiger partial charge in [0.25, 0.3) is 0 Å². The van der Waals surface area contributed by atoms with Crippen molar-refractivity contribution in [3.05, 3.63) is 12.1 Å². The van der Waals surface area contributed by atoms with E-state index in [1.165, 1.54) is 19.3 Å². The fourth-order valence-corrected chi connectivity index (χ4v) is 3.56. The van der Waals surface area contributed by atoms with Gasteiger partial charge in [-0.3, -0.25) is 0 Å². The van der Waals surface area contributed by atoms with Gasteiger partial charge in [0.2, 0.25) is 0 Å². The van der Waals surface area contributed by atoms with Gasteiger partial charge in [-0.05, 0) is 47.1 Å². The van der Waals surface area contributed by atoms with E-state index in [1.54, 1.807) is 0 Å². The molecule has 94 valence electrons. The molecule has 2 N–H and O–H groups in total. The third-order valence-corrected chi connectivity index (χ3v) is 4.49. The Morgan fingerprint density at radius 2 is 1.83 bits per heavy atom. The minimum atomic E-state index is 0.634. The summed E-state index contributed by atoms with van der Waals surface area (Å²) in [5.74, 6) is 1.72. The average molecular weight is 244 g/mol. The lowest BCUT2D eigenvalue weighted by Crippen LogP contribution is -2.21. The summed E-state index contributed by atoms with van der Waals surface area (Å²) in [5.41, 5.74) is 9.12. The van der Waals surface area contributed by atoms with Gasteiger partial charge in [-0.25, -0.2) is 4.63 Å². The van der Waals surface area contributed by atoms with Crippen LogP contribution in [-0.2, 0) is 0 Å². The molecular weight excluding hydrogens is 228 g/mol. The molecule has 2 aromatic rings. The first-order chi connectivity index (χ1) is 8.83. The molecule has 1 aromatic carbocycles. The summed E-state index contributed by atoms with van der Waals surface area (Å²) in [6.07, 6.45) is 4.14. The summed E-state index contributed by atoms with van der Waals surface area (Å²) in [5, 5.41) is 7.89. The summed E-state index contributed by atoms with van der Waals surface area (Å²) < 4.78 is 4.83. The standard InChI is InChI=1S/C13H16N4O/c14-10-4-5-11(13-12(10)15-18-16-13)17-6-8-2-1-3-9(8)7-17/h4-5,8-9H,1-3,6-7,14H2. The van der Waals surface area contributed by atoms with E-state index in [2.05, 4.69) is 15.2 Å². The van der Waals surface area contributed by atoms with Gasteiger partial charge < -0.3 is 10.6 Å². The van der Waals surface area contributed by atoms with Crippen molar-refractivity contribution in [2.24, 2.45) is 11.8 Å². The number of aromatic nitrogens is 2. The molecular formula is C13H16N4O. The number of nitrogens with two attached hydrogens (primary N) is 1. The highest BCUT2D eigenvalue weighted by Crippen LogP contribution is 2.41. The van der Waals surface area contributed by atoms with Gasteiger partial charge in [0.1, 0.15) is 0 Å². The second kappa shape index (κ2) is 3.60. The number of fused-ring (bicyclic) bond motifs is 2. The van der Waals surface area contributed by atoms with Gasteiger partial charge in [0.15, 0.2) is 11.0 Å². The summed E-state index contributed by atoms with van der Waals surface area (Å²) >= 11 is 0. The van der Waals surface area contributed by atoms with E-state index in [4.69, 9.17) is 10.4 Å². The van der Waals surface area contributed by atoms with Crippen molar-refractivity contribution in [2.75, 3.05) is 23.7 Å². The maximum absolute atomic E-state index is 5.88. The number of nitrogens with zero attached hydrogens (tertiary/aromatic N) is 3. The zero-order valence-electron chi connectivity index (χ0n) is 10.2. The molecule has 2 aliphatic rings. The van der Waals surface area contributed by atoms with Crippen molar-refractivity contribution in [3.8, 4) is 0 Å². The molecule has 0 spiro atoms. The van der Waals surface area contributed by atoms with E-state index >= 15 is 0 Å². The Kier molecular flexibility index (Phi) is 2.04. The van der Waals surface area contributed by atoms with Crippen LogP contribution in [0.4, 0.5) is 11.4 Å². The molecule has 2 fully saturated rings. The molecule has 1 saturated carbocycles. The van der Waals surface area contributed by atoms with Gasteiger partial charge in [-0.2, -0.15) is 0 Å². The minimum Gasteiger partial charge on any atom is -0.397 e. The van der Waals surface area contributed by atoms with Crippen LogP contribution in [0.2, 0.25) is 0 Å². The molecule has 0 amide bonds. The normalized spacial score (nSPS) is 27.0. The van der Waals surface area contributed by atoms with Crippen LogP contribution in [0.3, 0.4) is 0 Å². The lowest BCUT2D eigenvalue weighted by molar-refractivity contribution is 0.315. The highest BCUT2D eigenvalue weighted by molar-refractivity contribution is 5.95. The molecule has 1 aliphatic carbocycles. The fraction of sp³-hybridized carbons (Fsp3) is 0.538. The number of nitrogen functional groups attached to an aromatic ring is 1. The SMILES string of the molecule is Nc1ccc(N2CC3CCCC3C2)c2nonc12. The first-order valence-electron chi connectivity index (χ1n) is 6.58. The maximum atomic E-state index is 5.88. The third-order valence-electron chi connectivity index (χ3n) is 4.49. The molecule has 18 heavy (non-hydrogen) atoms. The molecule has 2 atom stereocenters. The second-order valence-electron chi connectivity index (χ2n) is 5.49. The Morgan fingerprint density at radius 1 is 1.11 bits per heavy atom. The molecule has 0 radical (unpaired) electrons. The van der Waals surface area contributed by atoms with Crippen molar-refractivity contribution < 1.29 is 4.63 Å². The number of rotatable bonds is 1. The maximum Gasteiger partial charge on any atom is 0.160 e. The van der Waals surface area contributed by atoms with E-state index in [0.717, 1.165) is 36.1 Å². The molecule has 2 unspecified atom stereocenters. The number of hydrogen-bond donors (Lipinski definition) is 1. The topological polar surface area (TPSA) is 68.2 Å². The Bertz CT molecular complexity index is 582. The van der Waals surface area contributed by atoms with Gasteiger partial charge in [-0.1, -0.05) is 6.42 Å². The van der Waals surface area contributed by atoms with Crippen molar-refractivity contribution in [1.29, 1.82) is 0 Å². The first-order valence-corrected chi connectivity index (χ1v) is 6.58. The van der Waals surface area contributed by atoms with Crippen molar-refractivity contribution in [3.63, 3.8) is 0 Å². The summed E-state index contributed by atoms with van der Waals surface area (Å²) in [7, 11) is 0. The Hall–Kier alpha value is -1.78. The minimum absolute atomic E-state index is 0.634. The van der Waals surface area contributed by atoms with Gasteiger partial charge >= 0.3 is 0 Å². The zero-order chi connectivity index (χ0) is 12.1. The van der Waals surface area contributed by atoms with E-state index in [-0.39, 0.29) is 0 Å². The van der Waals surface area contributed by atoms with Gasteiger partial charge in [-0.15, -0.1) is 0 Å². The van der Waals surface area contributed by atoms with Crippen molar-refractivity contribution >= 4 is 22.4 Å².